The van der Waals surface area contributed by atoms with Gasteiger partial charge in [0.1, 0.15) is 12.2 Å². The third kappa shape index (κ3) is 3.83. The van der Waals surface area contributed by atoms with Crippen LogP contribution in [0.25, 0.3) is 0 Å². The largest absolute Gasteiger partial charge is 0.493 e. The normalized spacial score (nSPS) is 13.9. The average molecular weight is 270 g/mol. The minimum absolute atomic E-state index is 0.187. The van der Waals surface area contributed by atoms with Gasteiger partial charge in [-0.15, -0.1) is 0 Å². The number of methoxy groups -OCH3 is 5. The van der Waals surface area contributed by atoms with E-state index in [1.165, 1.54) is 0 Å². The van der Waals surface area contributed by atoms with Crippen LogP contribution in [-0.4, -0.2) is 48.3 Å². The monoisotopic (exact) mass is 270 g/mol. The summed E-state index contributed by atoms with van der Waals surface area (Å²) in [4.78, 5) is 0. The molecule has 1 rings (SSSR count). The highest BCUT2D eigenvalue weighted by molar-refractivity contribution is 5.43. The number of benzene rings is 1. The van der Waals surface area contributed by atoms with Crippen LogP contribution in [0.1, 0.15) is 11.7 Å². The minimum Gasteiger partial charge on any atom is -0.493 e. The Morgan fingerprint density at radius 1 is 0.895 bits per heavy atom. The van der Waals surface area contributed by atoms with Crippen LogP contribution in [0, 0.1) is 0 Å². The van der Waals surface area contributed by atoms with E-state index in [4.69, 9.17) is 23.7 Å². The Kier molecular flexibility index (Phi) is 6.62. The van der Waals surface area contributed by atoms with Gasteiger partial charge in [0.05, 0.1) is 20.8 Å². The zero-order valence-electron chi connectivity index (χ0n) is 12.1. The van der Waals surface area contributed by atoms with Gasteiger partial charge in [-0.25, -0.2) is 0 Å². The standard InChI is InChI=1S/C14H22O5/c1-15-9-13(18-4)14(19-5)10-6-7-11(16-2)12(8-10)17-3/h6-8,13-14H,9H2,1-5H3. The van der Waals surface area contributed by atoms with Crippen LogP contribution in [0.3, 0.4) is 0 Å². The summed E-state index contributed by atoms with van der Waals surface area (Å²) in [6.45, 7) is 0.448. The first-order chi connectivity index (χ1) is 9.21. The van der Waals surface area contributed by atoms with E-state index in [1.807, 2.05) is 18.2 Å². The van der Waals surface area contributed by atoms with Gasteiger partial charge in [-0.2, -0.15) is 0 Å². The molecule has 0 saturated heterocycles. The second-order valence-corrected chi connectivity index (χ2v) is 4.00. The van der Waals surface area contributed by atoms with Crippen molar-refractivity contribution >= 4 is 0 Å². The maximum Gasteiger partial charge on any atom is 0.161 e. The van der Waals surface area contributed by atoms with Gasteiger partial charge < -0.3 is 23.7 Å². The second kappa shape index (κ2) is 7.99. The third-order valence-corrected chi connectivity index (χ3v) is 2.96. The van der Waals surface area contributed by atoms with Crippen molar-refractivity contribution in [3.8, 4) is 11.5 Å². The van der Waals surface area contributed by atoms with Crippen molar-refractivity contribution in [2.24, 2.45) is 0 Å². The Balaban J connectivity index is 3.03. The van der Waals surface area contributed by atoms with Crippen LogP contribution in [0.4, 0.5) is 0 Å². The molecule has 0 radical (unpaired) electrons. The van der Waals surface area contributed by atoms with Crippen molar-refractivity contribution in [1.82, 2.24) is 0 Å². The van der Waals surface area contributed by atoms with Crippen molar-refractivity contribution in [3.05, 3.63) is 23.8 Å². The highest BCUT2D eigenvalue weighted by Crippen LogP contribution is 2.32. The Morgan fingerprint density at radius 2 is 1.58 bits per heavy atom. The van der Waals surface area contributed by atoms with Gasteiger partial charge in [-0.1, -0.05) is 6.07 Å². The van der Waals surface area contributed by atoms with Gasteiger partial charge in [0, 0.05) is 21.3 Å². The van der Waals surface area contributed by atoms with E-state index in [-0.39, 0.29) is 12.2 Å². The predicted octanol–water partition coefficient (Wildman–Crippen LogP) is 2.05. The van der Waals surface area contributed by atoms with Crippen LogP contribution in [0.15, 0.2) is 18.2 Å². The van der Waals surface area contributed by atoms with E-state index in [0.717, 1.165) is 5.56 Å². The first-order valence-electron chi connectivity index (χ1n) is 5.98. The zero-order valence-corrected chi connectivity index (χ0v) is 12.1. The fourth-order valence-electron chi connectivity index (χ4n) is 1.98. The Hall–Kier alpha value is -1.30. The maximum atomic E-state index is 5.51. The summed E-state index contributed by atoms with van der Waals surface area (Å²) in [5.74, 6) is 1.34. The molecule has 0 aliphatic rings. The molecule has 0 saturated carbocycles. The lowest BCUT2D eigenvalue weighted by molar-refractivity contribution is -0.0697. The van der Waals surface area contributed by atoms with Crippen molar-refractivity contribution in [1.29, 1.82) is 0 Å². The van der Waals surface area contributed by atoms with Gasteiger partial charge in [-0.05, 0) is 17.7 Å². The molecule has 2 unspecified atom stereocenters. The number of hydrogen-bond donors (Lipinski definition) is 0. The second-order valence-electron chi connectivity index (χ2n) is 4.00. The summed E-state index contributed by atoms with van der Waals surface area (Å²) in [6, 6.07) is 5.66. The van der Waals surface area contributed by atoms with Crippen LogP contribution in [0.5, 0.6) is 11.5 Å². The van der Waals surface area contributed by atoms with Gasteiger partial charge in [0.25, 0.3) is 0 Å². The molecule has 2 atom stereocenters. The fourth-order valence-corrected chi connectivity index (χ4v) is 1.98. The molecule has 5 heteroatoms. The molecular formula is C14H22O5. The summed E-state index contributed by atoms with van der Waals surface area (Å²) < 4.78 is 26.6. The lowest BCUT2D eigenvalue weighted by Crippen LogP contribution is -2.27. The van der Waals surface area contributed by atoms with E-state index in [2.05, 4.69) is 0 Å². The Labute approximate surface area is 114 Å². The summed E-state index contributed by atoms with van der Waals surface area (Å²) >= 11 is 0. The van der Waals surface area contributed by atoms with Gasteiger partial charge >= 0.3 is 0 Å². The summed E-state index contributed by atoms with van der Waals surface area (Å²) in [5.41, 5.74) is 0.948. The molecule has 108 valence electrons. The molecule has 0 fully saturated rings. The van der Waals surface area contributed by atoms with Crippen LogP contribution < -0.4 is 9.47 Å². The van der Waals surface area contributed by atoms with Crippen molar-refractivity contribution < 1.29 is 23.7 Å². The van der Waals surface area contributed by atoms with E-state index in [9.17, 15) is 0 Å². The molecule has 1 aromatic carbocycles. The maximum absolute atomic E-state index is 5.51. The lowest BCUT2D eigenvalue weighted by atomic mass is 10.0. The zero-order chi connectivity index (χ0) is 14.3. The summed E-state index contributed by atoms with van der Waals surface area (Å²) in [6.07, 6.45) is -0.419. The molecule has 0 amide bonds. The highest BCUT2D eigenvalue weighted by Gasteiger charge is 2.24. The summed E-state index contributed by atoms with van der Waals surface area (Å²) in [5, 5.41) is 0. The average Bonchev–Trinajstić information content (AvgIpc) is 2.46. The predicted molar refractivity (Wildman–Crippen MR) is 72.0 cm³/mol. The Morgan fingerprint density at radius 3 is 2.05 bits per heavy atom. The molecule has 0 aliphatic heterocycles. The molecule has 1 aromatic rings. The molecule has 0 aliphatic carbocycles. The topological polar surface area (TPSA) is 46.2 Å². The van der Waals surface area contributed by atoms with Gasteiger partial charge in [0.15, 0.2) is 11.5 Å². The molecule has 0 spiro atoms. The van der Waals surface area contributed by atoms with Crippen LogP contribution >= 0.6 is 0 Å². The molecule has 5 nitrogen and oxygen atoms in total. The van der Waals surface area contributed by atoms with E-state index in [1.54, 1.807) is 35.5 Å². The lowest BCUT2D eigenvalue weighted by Gasteiger charge is -2.25. The van der Waals surface area contributed by atoms with Crippen molar-refractivity contribution in [3.63, 3.8) is 0 Å². The van der Waals surface area contributed by atoms with Crippen LogP contribution in [-0.2, 0) is 14.2 Å². The number of ether oxygens (including phenoxy) is 5. The number of rotatable bonds is 8. The minimum atomic E-state index is -0.232. The summed E-state index contributed by atoms with van der Waals surface area (Å²) in [7, 11) is 8.12. The first-order valence-corrected chi connectivity index (χ1v) is 5.98. The van der Waals surface area contributed by atoms with Gasteiger partial charge in [-0.3, -0.25) is 0 Å². The SMILES string of the molecule is COCC(OC)C(OC)c1ccc(OC)c(OC)c1. The fraction of sp³-hybridized carbons (Fsp3) is 0.571. The Bertz CT molecular complexity index is 380. The molecule has 0 N–H and O–H groups in total. The highest BCUT2D eigenvalue weighted by atomic mass is 16.6. The molecule has 0 heterocycles. The molecule has 0 aromatic heterocycles. The van der Waals surface area contributed by atoms with Crippen LogP contribution in [0.2, 0.25) is 0 Å². The van der Waals surface area contributed by atoms with E-state index in [0.29, 0.717) is 18.1 Å². The third-order valence-electron chi connectivity index (χ3n) is 2.96. The molecule has 19 heavy (non-hydrogen) atoms. The first kappa shape index (κ1) is 15.8. The van der Waals surface area contributed by atoms with E-state index >= 15 is 0 Å². The van der Waals surface area contributed by atoms with Gasteiger partial charge in [0.2, 0.25) is 0 Å². The quantitative estimate of drug-likeness (QED) is 0.723. The van der Waals surface area contributed by atoms with Crippen molar-refractivity contribution in [2.75, 3.05) is 42.2 Å². The molecular weight excluding hydrogens is 248 g/mol. The van der Waals surface area contributed by atoms with E-state index < -0.39 is 0 Å². The van der Waals surface area contributed by atoms with Crippen molar-refractivity contribution in [2.45, 2.75) is 12.2 Å². The smallest absolute Gasteiger partial charge is 0.161 e. The molecule has 0 bridgehead atoms. The number of hydrogen-bond acceptors (Lipinski definition) is 5.